The van der Waals surface area contributed by atoms with Gasteiger partial charge in [0.05, 0.1) is 0 Å². The number of nitrogens with zero attached hydrogens (tertiary/aromatic N) is 4. The molecule has 0 aliphatic carbocycles. The summed E-state index contributed by atoms with van der Waals surface area (Å²) in [5.74, 6) is 1.51. The van der Waals surface area contributed by atoms with Gasteiger partial charge in [-0.3, -0.25) is 4.79 Å². The lowest BCUT2D eigenvalue weighted by atomic mass is 9.94. The van der Waals surface area contributed by atoms with Gasteiger partial charge in [-0.05, 0) is 26.7 Å². The Kier molecular flexibility index (Phi) is 4.53. The van der Waals surface area contributed by atoms with Crippen molar-refractivity contribution < 1.29 is 14.3 Å². The molecule has 2 amide bonds. The number of rotatable bonds is 1. The minimum absolute atomic E-state index is 0.0144. The van der Waals surface area contributed by atoms with Crippen LogP contribution >= 0.6 is 0 Å². The van der Waals surface area contributed by atoms with Gasteiger partial charge in [0.25, 0.3) is 0 Å². The maximum absolute atomic E-state index is 12.2. The molecule has 0 radical (unpaired) electrons. The number of carbonyl (C=O) groups is 2. The second kappa shape index (κ2) is 6.50. The molecular weight excluding hydrogens is 322 g/mol. The first-order valence-corrected chi connectivity index (χ1v) is 8.62. The monoisotopic (exact) mass is 347 g/mol. The van der Waals surface area contributed by atoms with E-state index < -0.39 is 5.60 Å². The summed E-state index contributed by atoms with van der Waals surface area (Å²) in [5.41, 5.74) is 0.487. The lowest BCUT2D eigenvalue weighted by molar-refractivity contribution is -0.116. The van der Waals surface area contributed by atoms with Crippen LogP contribution in [0.15, 0.2) is 6.33 Å². The largest absolute Gasteiger partial charge is 0.444 e. The summed E-state index contributed by atoms with van der Waals surface area (Å²) in [4.78, 5) is 36.4. The molecule has 0 unspecified atom stereocenters. The minimum atomic E-state index is -0.492. The van der Waals surface area contributed by atoms with Crippen molar-refractivity contribution in [2.75, 3.05) is 36.4 Å². The Morgan fingerprint density at radius 1 is 1.24 bits per heavy atom. The van der Waals surface area contributed by atoms with E-state index in [9.17, 15) is 9.59 Å². The molecule has 0 aromatic carbocycles. The predicted molar refractivity (Wildman–Crippen MR) is 93.7 cm³/mol. The highest BCUT2D eigenvalue weighted by molar-refractivity contribution is 5.94. The van der Waals surface area contributed by atoms with Gasteiger partial charge in [0, 0.05) is 38.2 Å². The first kappa shape index (κ1) is 17.4. The number of hydrogen-bond donors (Lipinski definition) is 1. The van der Waals surface area contributed by atoms with E-state index in [1.165, 1.54) is 6.33 Å². The Morgan fingerprint density at radius 2 is 1.92 bits per heavy atom. The highest BCUT2D eigenvalue weighted by Gasteiger charge is 2.31. The fourth-order valence-electron chi connectivity index (χ4n) is 3.18. The number of piperazine rings is 1. The van der Waals surface area contributed by atoms with E-state index in [1.54, 1.807) is 4.90 Å². The molecule has 0 spiro atoms. The molecule has 1 aromatic rings. The SMILES string of the molecule is C[C@@H]1CC(=O)Nc2ncnc(N3CCN(C(=O)OC(C)(C)C)CC3)c21. The molecule has 2 aliphatic rings. The Morgan fingerprint density at radius 3 is 2.56 bits per heavy atom. The van der Waals surface area contributed by atoms with Gasteiger partial charge in [-0.1, -0.05) is 6.92 Å². The number of anilines is 2. The maximum Gasteiger partial charge on any atom is 0.410 e. The van der Waals surface area contributed by atoms with E-state index >= 15 is 0 Å². The third-order valence-corrected chi connectivity index (χ3v) is 4.34. The first-order valence-electron chi connectivity index (χ1n) is 8.62. The molecule has 1 atom stereocenters. The second-order valence-corrected chi connectivity index (χ2v) is 7.57. The van der Waals surface area contributed by atoms with E-state index in [-0.39, 0.29) is 17.9 Å². The molecule has 3 rings (SSSR count). The lowest BCUT2D eigenvalue weighted by Crippen LogP contribution is -2.50. The van der Waals surface area contributed by atoms with Crippen LogP contribution in [0, 0.1) is 0 Å². The number of ether oxygens (including phenoxy) is 1. The van der Waals surface area contributed by atoms with Crippen LogP contribution in [-0.2, 0) is 9.53 Å². The van der Waals surface area contributed by atoms with E-state index in [0.29, 0.717) is 38.4 Å². The molecule has 0 bridgehead atoms. The maximum atomic E-state index is 12.2. The third-order valence-electron chi connectivity index (χ3n) is 4.34. The van der Waals surface area contributed by atoms with Crippen molar-refractivity contribution in [2.45, 2.75) is 45.6 Å². The fraction of sp³-hybridized carbons (Fsp3) is 0.647. The molecule has 1 saturated heterocycles. The number of nitrogens with one attached hydrogen (secondary N) is 1. The lowest BCUT2D eigenvalue weighted by Gasteiger charge is -2.37. The molecule has 1 fully saturated rings. The van der Waals surface area contributed by atoms with Gasteiger partial charge in [-0.15, -0.1) is 0 Å². The Bertz CT molecular complexity index is 677. The van der Waals surface area contributed by atoms with E-state index in [0.717, 1.165) is 11.4 Å². The molecule has 0 saturated carbocycles. The second-order valence-electron chi connectivity index (χ2n) is 7.57. The fourth-order valence-corrected chi connectivity index (χ4v) is 3.18. The zero-order valence-corrected chi connectivity index (χ0v) is 15.2. The summed E-state index contributed by atoms with van der Waals surface area (Å²) in [6.45, 7) is 10.1. The third kappa shape index (κ3) is 3.83. The van der Waals surface area contributed by atoms with Crippen LogP contribution in [-0.4, -0.2) is 58.6 Å². The van der Waals surface area contributed by atoms with Crippen molar-refractivity contribution in [3.05, 3.63) is 11.9 Å². The van der Waals surface area contributed by atoms with E-state index in [4.69, 9.17) is 4.74 Å². The zero-order chi connectivity index (χ0) is 18.2. The standard InChI is InChI=1S/C17H25N5O3/c1-11-9-12(23)20-14-13(11)15(19-10-18-14)21-5-7-22(8-6-21)16(24)25-17(2,3)4/h10-11H,5-9H2,1-4H3,(H,18,19,20,23)/t11-/m1/s1. The van der Waals surface area contributed by atoms with E-state index in [2.05, 4.69) is 20.2 Å². The van der Waals surface area contributed by atoms with Crippen molar-refractivity contribution in [1.82, 2.24) is 14.9 Å². The Hall–Kier alpha value is -2.38. The van der Waals surface area contributed by atoms with Crippen LogP contribution in [0.1, 0.15) is 45.6 Å². The van der Waals surface area contributed by atoms with Crippen LogP contribution in [0.2, 0.25) is 0 Å². The molecule has 2 aliphatic heterocycles. The molecule has 25 heavy (non-hydrogen) atoms. The van der Waals surface area contributed by atoms with Gasteiger partial charge < -0.3 is 19.9 Å². The van der Waals surface area contributed by atoms with Crippen LogP contribution in [0.4, 0.5) is 16.4 Å². The summed E-state index contributed by atoms with van der Waals surface area (Å²) in [5, 5.41) is 2.82. The molecular formula is C17H25N5O3. The van der Waals surface area contributed by atoms with Crippen molar-refractivity contribution in [3.63, 3.8) is 0 Å². The van der Waals surface area contributed by atoms with Gasteiger partial charge in [-0.25, -0.2) is 14.8 Å². The number of aromatic nitrogens is 2. The van der Waals surface area contributed by atoms with Crippen molar-refractivity contribution >= 4 is 23.6 Å². The van der Waals surface area contributed by atoms with Gasteiger partial charge in [0.2, 0.25) is 5.91 Å². The topological polar surface area (TPSA) is 87.7 Å². The van der Waals surface area contributed by atoms with Crippen molar-refractivity contribution in [2.24, 2.45) is 0 Å². The molecule has 3 heterocycles. The van der Waals surface area contributed by atoms with Crippen molar-refractivity contribution in [3.8, 4) is 0 Å². The Balaban J connectivity index is 1.71. The van der Waals surface area contributed by atoms with Crippen molar-refractivity contribution in [1.29, 1.82) is 0 Å². The summed E-state index contributed by atoms with van der Waals surface area (Å²) in [7, 11) is 0. The quantitative estimate of drug-likeness (QED) is 0.836. The van der Waals surface area contributed by atoms with Crippen LogP contribution in [0.5, 0.6) is 0 Å². The summed E-state index contributed by atoms with van der Waals surface area (Å²) in [6, 6.07) is 0. The number of amides is 2. The normalized spacial score (nSPS) is 20.8. The number of carbonyl (C=O) groups excluding carboxylic acids is 2. The minimum Gasteiger partial charge on any atom is -0.444 e. The average molecular weight is 347 g/mol. The number of fused-ring (bicyclic) bond motifs is 1. The van der Waals surface area contributed by atoms with Crippen LogP contribution in [0.3, 0.4) is 0 Å². The van der Waals surface area contributed by atoms with E-state index in [1.807, 2.05) is 27.7 Å². The van der Waals surface area contributed by atoms with Gasteiger partial charge in [0.1, 0.15) is 23.6 Å². The molecule has 136 valence electrons. The number of hydrogen-bond acceptors (Lipinski definition) is 6. The molecule has 1 aromatic heterocycles. The molecule has 8 nitrogen and oxygen atoms in total. The Labute approximate surface area is 147 Å². The average Bonchev–Trinajstić information content (AvgIpc) is 2.52. The first-order chi connectivity index (χ1) is 11.7. The summed E-state index contributed by atoms with van der Waals surface area (Å²) >= 11 is 0. The summed E-state index contributed by atoms with van der Waals surface area (Å²) < 4.78 is 5.43. The van der Waals surface area contributed by atoms with Crippen LogP contribution in [0.25, 0.3) is 0 Å². The van der Waals surface area contributed by atoms with Gasteiger partial charge >= 0.3 is 6.09 Å². The molecule has 1 N–H and O–H groups in total. The smallest absolute Gasteiger partial charge is 0.410 e. The van der Waals surface area contributed by atoms with Crippen LogP contribution < -0.4 is 10.2 Å². The molecule has 8 heteroatoms. The zero-order valence-electron chi connectivity index (χ0n) is 15.2. The van der Waals surface area contributed by atoms with Gasteiger partial charge in [-0.2, -0.15) is 0 Å². The predicted octanol–water partition coefficient (Wildman–Crippen LogP) is 1.98. The van der Waals surface area contributed by atoms with Gasteiger partial charge in [0.15, 0.2) is 0 Å². The highest BCUT2D eigenvalue weighted by atomic mass is 16.6. The summed E-state index contributed by atoms with van der Waals surface area (Å²) in [6.07, 6.45) is 1.63. The highest BCUT2D eigenvalue weighted by Crippen LogP contribution is 2.36.